The van der Waals surface area contributed by atoms with Gasteiger partial charge in [0.25, 0.3) is 15.9 Å². The topological polar surface area (TPSA) is 75.3 Å². The Morgan fingerprint density at radius 3 is 2.48 bits per heavy atom. The summed E-state index contributed by atoms with van der Waals surface area (Å²) in [5, 5.41) is 2.78. The quantitative estimate of drug-likeness (QED) is 0.907. The Morgan fingerprint density at radius 1 is 1.10 bits per heavy atom. The summed E-state index contributed by atoms with van der Waals surface area (Å²) in [4.78, 5) is 11.8. The Hall–Kier alpha value is -2.05. The second-order valence-electron chi connectivity index (χ2n) is 4.19. The second-order valence-corrected chi connectivity index (χ2v) is 6.31. The van der Waals surface area contributed by atoms with E-state index < -0.39 is 10.0 Å². The number of benzene rings is 2. The van der Waals surface area contributed by atoms with Crippen LogP contribution in [0.4, 0.5) is 5.69 Å². The van der Waals surface area contributed by atoms with E-state index in [9.17, 15) is 13.2 Å². The first kappa shape index (κ1) is 15.3. The van der Waals surface area contributed by atoms with Crippen LogP contribution >= 0.6 is 11.6 Å². The summed E-state index contributed by atoms with van der Waals surface area (Å²) >= 11 is 5.80. The minimum Gasteiger partial charge on any atom is -0.355 e. The summed E-state index contributed by atoms with van der Waals surface area (Å²) in [5.74, 6) is -0.376. The molecule has 2 aromatic carbocycles. The summed E-state index contributed by atoms with van der Waals surface area (Å²) < 4.78 is 27.0. The van der Waals surface area contributed by atoms with E-state index in [1.54, 1.807) is 24.3 Å². The third-order valence-corrected chi connectivity index (χ3v) is 4.35. The maximum atomic E-state index is 12.3. The molecule has 0 heterocycles. The molecule has 0 saturated carbocycles. The fourth-order valence-electron chi connectivity index (χ4n) is 1.74. The van der Waals surface area contributed by atoms with Crippen molar-refractivity contribution in [1.29, 1.82) is 0 Å². The summed E-state index contributed by atoms with van der Waals surface area (Å²) in [6.45, 7) is 0. The van der Waals surface area contributed by atoms with Crippen molar-refractivity contribution in [3.05, 3.63) is 59.1 Å². The smallest absolute Gasteiger partial charge is 0.261 e. The summed E-state index contributed by atoms with van der Waals surface area (Å²) in [7, 11) is -2.34. The molecule has 2 aromatic rings. The normalized spacial score (nSPS) is 11.0. The number of hydrogen-bond donors (Lipinski definition) is 2. The Balaban J connectivity index is 2.40. The first-order valence-electron chi connectivity index (χ1n) is 6.03. The average Bonchev–Trinajstić information content (AvgIpc) is 2.46. The molecule has 0 fully saturated rings. The molecule has 5 nitrogen and oxygen atoms in total. The maximum absolute atomic E-state index is 12.3. The van der Waals surface area contributed by atoms with Crippen LogP contribution in [0.15, 0.2) is 53.4 Å². The highest BCUT2D eigenvalue weighted by Gasteiger charge is 2.18. The van der Waals surface area contributed by atoms with Gasteiger partial charge in [-0.15, -0.1) is 0 Å². The molecular weight excluding hydrogens is 312 g/mol. The van der Waals surface area contributed by atoms with Gasteiger partial charge in [0.05, 0.1) is 16.1 Å². The molecule has 0 aliphatic rings. The Bertz CT molecular complexity index is 775. The van der Waals surface area contributed by atoms with E-state index in [0.29, 0.717) is 5.02 Å². The zero-order chi connectivity index (χ0) is 15.5. The van der Waals surface area contributed by atoms with E-state index in [4.69, 9.17) is 11.6 Å². The van der Waals surface area contributed by atoms with Crippen LogP contribution in [0.1, 0.15) is 10.4 Å². The minimum absolute atomic E-state index is 0.0294. The number of halogens is 1. The van der Waals surface area contributed by atoms with Gasteiger partial charge >= 0.3 is 0 Å². The molecule has 21 heavy (non-hydrogen) atoms. The van der Waals surface area contributed by atoms with Crippen molar-refractivity contribution < 1.29 is 13.2 Å². The molecule has 7 heteroatoms. The van der Waals surface area contributed by atoms with Crippen LogP contribution in [0.25, 0.3) is 0 Å². The van der Waals surface area contributed by atoms with Crippen LogP contribution < -0.4 is 10.0 Å². The van der Waals surface area contributed by atoms with Crippen molar-refractivity contribution in [2.45, 2.75) is 4.90 Å². The van der Waals surface area contributed by atoms with Gasteiger partial charge < -0.3 is 5.32 Å². The molecule has 0 saturated heterocycles. The molecule has 0 bridgehead atoms. The van der Waals surface area contributed by atoms with Crippen LogP contribution in [-0.2, 0) is 10.0 Å². The third kappa shape index (κ3) is 3.53. The minimum atomic E-state index is -3.81. The molecule has 0 atom stereocenters. The maximum Gasteiger partial charge on any atom is 0.261 e. The Labute approximate surface area is 128 Å². The van der Waals surface area contributed by atoms with E-state index in [1.165, 1.54) is 31.3 Å². The average molecular weight is 325 g/mol. The number of nitrogens with one attached hydrogen (secondary N) is 2. The molecule has 0 aliphatic heterocycles. The van der Waals surface area contributed by atoms with Gasteiger partial charge in [0, 0.05) is 12.1 Å². The zero-order valence-corrected chi connectivity index (χ0v) is 12.7. The van der Waals surface area contributed by atoms with Gasteiger partial charge in [0.15, 0.2) is 0 Å². The number of sulfonamides is 1. The lowest BCUT2D eigenvalue weighted by Crippen LogP contribution is -2.21. The first-order valence-corrected chi connectivity index (χ1v) is 7.89. The molecule has 1 amide bonds. The van der Waals surface area contributed by atoms with Crippen molar-refractivity contribution in [1.82, 2.24) is 5.32 Å². The van der Waals surface area contributed by atoms with Crippen LogP contribution in [-0.4, -0.2) is 21.4 Å². The van der Waals surface area contributed by atoms with Crippen molar-refractivity contribution in [2.75, 3.05) is 11.8 Å². The molecule has 0 aliphatic carbocycles. The number of para-hydroxylation sites is 1. The monoisotopic (exact) mass is 324 g/mol. The fourth-order valence-corrected chi connectivity index (χ4v) is 3.12. The van der Waals surface area contributed by atoms with Crippen molar-refractivity contribution in [2.24, 2.45) is 0 Å². The SMILES string of the molecule is CNC(=O)c1ccccc1NS(=O)(=O)c1cccc(Cl)c1. The highest BCUT2D eigenvalue weighted by atomic mass is 35.5. The summed E-state index contributed by atoms with van der Waals surface area (Å²) in [5.41, 5.74) is 0.447. The highest BCUT2D eigenvalue weighted by Crippen LogP contribution is 2.21. The predicted octanol–water partition coefficient (Wildman–Crippen LogP) is 2.50. The van der Waals surface area contributed by atoms with Crippen molar-refractivity contribution in [3.63, 3.8) is 0 Å². The van der Waals surface area contributed by atoms with Crippen molar-refractivity contribution >= 4 is 33.2 Å². The molecule has 2 rings (SSSR count). The van der Waals surface area contributed by atoms with Gasteiger partial charge in [-0.25, -0.2) is 8.42 Å². The van der Waals surface area contributed by atoms with Crippen LogP contribution in [0.2, 0.25) is 5.02 Å². The Morgan fingerprint density at radius 2 is 1.81 bits per heavy atom. The molecule has 0 radical (unpaired) electrons. The van der Waals surface area contributed by atoms with Crippen LogP contribution in [0, 0.1) is 0 Å². The molecule has 0 spiro atoms. The van der Waals surface area contributed by atoms with Gasteiger partial charge in [0.2, 0.25) is 0 Å². The lowest BCUT2D eigenvalue weighted by Gasteiger charge is -2.12. The second kappa shape index (κ2) is 6.15. The van der Waals surface area contributed by atoms with E-state index >= 15 is 0 Å². The number of rotatable bonds is 4. The molecular formula is C14H13ClN2O3S. The van der Waals surface area contributed by atoms with Crippen molar-refractivity contribution in [3.8, 4) is 0 Å². The fraction of sp³-hybridized carbons (Fsp3) is 0.0714. The van der Waals surface area contributed by atoms with Gasteiger partial charge in [0.1, 0.15) is 0 Å². The third-order valence-electron chi connectivity index (χ3n) is 2.75. The Kier molecular flexibility index (Phi) is 4.50. The molecule has 0 unspecified atom stereocenters. The first-order chi connectivity index (χ1) is 9.94. The summed E-state index contributed by atoms with van der Waals surface area (Å²) in [6.07, 6.45) is 0. The standard InChI is InChI=1S/C14H13ClN2O3S/c1-16-14(18)12-7-2-3-8-13(12)17-21(19,20)11-6-4-5-10(15)9-11/h2-9,17H,1H3,(H,16,18). The van der Waals surface area contributed by atoms with E-state index in [-0.39, 0.29) is 22.1 Å². The highest BCUT2D eigenvalue weighted by molar-refractivity contribution is 7.92. The lowest BCUT2D eigenvalue weighted by atomic mass is 10.2. The molecule has 2 N–H and O–H groups in total. The van der Waals surface area contributed by atoms with Crippen LogP contribution in [0.5, 0.6) is 0 Å². The lowest BCUT2D eigenvalue weighted by molar-refractivity contribution is 0.0964. The zero-order valence-electron chi connectivity index (χ0n) is 11.1. The van der Waals surface area contributed by atoms with E-state index in [1.807, 2.05) is 0 Å². The number of carbonyl (C=O) groups is 1. The van der Waals surface area contributed by atoms with Gasteiger partial charge in [-0.3, -0.25) is 9.52 Å². The predicted molar refractivity (Wildman–Crippen MR) is 82.1 cm³/mol. The van der Waals surface area contributed by atoms with E-state index in [0.717, 1.165) is 0 Å². The largest absolute Gasteiger partial charge is 0.355 e. The number of anilines is 1. The molecule has 110 valence electrons. The molecule has 0 aromatic heterocycles. The number of amides is 1. The van der Waals surface area contributed by atoms with E-state index in [2.05, 4.69) is 10.0 Å². The number of hydrogen-bond acceptors (Lipinski definition) is 3. The van der Waals surface area contributed by atoms with Gasteiger partial charge in [-0.2, -0.15) is 0 Å². The summed E-state index contributed by atoms with van der Waals surface area (Å²) in [6, 6.07) is 12.2. The van der Waals surface area contributed by atoms with Crippen LogP contribution in [0.3, 0.4) is 0 Å². The van der Waals surface area contributed by atoms with Gasteiger partial charge in [-0.05, 0) is 30.3 Å². The van der Waals surface area contributed by atoms with Gasteiger partial charge in [-0.1, -0.05) is 29.8 Å². The number of carbonyl (C=O) groups excluding carboxylic acids is 1.